The Bertz CT molecular complexity index is 516. The van der Waals surface area contributed by atoms with Crippen molar-refractivity contribution in [1.29, 1.82) is 0 Å². The van der Waals surface area contributed by atoms with Gasteiger partial charge in [0.15, 0.2) is 9.84 Å². The van der Waals surface area contributed by atoms with E-state index in [0.29, 0.717) is 5.82 Å². The third kappa shape index (κ3) is 5.17. The van der Waals surface area contributed by atoms with E-state index in [9.17, 15) is 8.42 Å². The summed E-state index contributed by atoms with van der Waals surface area (Å²) in [5, 5.41) is 3.30. The minimum Gasteiger partial charge on any atom is -0.317 e. The van der Waals surface area contributed by atoms with Gasteiger partial charge in [-0.05, 0) is 37.9 Å². The number of hydrogen-bond donors (Lipinski definition) is 1. The quantitative estimate of drug-likeness (QED) is 0.733. The molecule has 1 heterocycles. The topological polar surface area (TPSA) is 72.0 Å². The number of aromatic nitrogens is 2. The minimum atomic E-state index is -3.10. The fraction of sp³-hybridized carbons (Fsp3) is 0.714. The number of nitrogens with one attached hydrogen (secondary N) is 1. The van der Waals surface area contributed by atoms with Crippen LogP contribution in [0.25, 0.3) is 0 Å². The van der Waals surface area contributed by atoms with Crippen LogP contribution in [0.2, 0.25) is 0 Å². The van der Waals surface area contributed by atoms with Gasteiger partial charge in [0.2, 0.25) is 0 Å². The predicted molar refractivity (Wildman–Crippen MR) is 81.6 cm³/mol. The van der Waals surface area contributed by atoms with Crippen LogP contribution < -0.4 is 5.32 Å². The SMILES string of the molecule is CCNCCc1c(CC)nc(CS(C)(=O)=O)nc1CC. The molecule has 0 bridgehead atoms. The van der Waals surface area contributed by atoms with Crippen LogP contribution in [0, 0.1) is 0 Å². The second-order valence-electron chi connectivity index (χ2n) is 4.89. The summed E-state index contributed by atoms with van der Waals surface area (Å²) < 4.78 is 22.8. The van der Waals surface area contributed by atoms with Crippen LogP contribution in [0.15, 0.2) is 0 Å². The smallest absolute Gasteiger partial charge is 0.154 e. The Morgan fingerprint density at radius 2 is 1.60 bits per heavy atom. The number of nitrogens with zero attached hydrogens (tertiary/aromatic N) is 2. The molecular formula is C14H25N3O2S. The van der Waals surface area contributed by atoms with Crippen molar-refractivity contribution in [2.75, 3.05) is 19.3 Å². The molecule has 0 fully saturated rings. The summed E-state index contributed by atoms with van der Waals surface area (Å²) in [7, 11) is -3.10. The first-order chi connectivity index (χ1) is 9.41. The fourth-order valence-electron chi connectivity index (χ4n) is 2.20. The zero-order valence-electron chi connectivity index (χ0n) is 12.9. The normalized spacial score (nSPS) is 11.8. The van der Waals surface area contributed by atoms with E-state index in [1.807, 2.05) is 13.8 Å². The Balaban J connectivity index is 3.10. The van der Waals surface area contributed by atoms with E-state index in [0.717, 1.165) is 43.7 Å². The monoisotopic (exact) mass is 299 g/mol. The lowest BCUT2D eigenvalue weighted by molar-refractivity contribution is 0.599. The van der Waals surface area contributed by atoms with Gasteiger partial charge in [-0.25, -0.2) is 18.4 Å². The summed E-state index contributed by atoms with van der Waals surface area (Å²) in [5.74, 6) is 0.342. The fourth-order valence-corrected chi connectivity index (χ4v) is 2.80. The zero-order valence-corrected chi connectivity index (χ0v) is 13.7. The molecule has 0 radical (unpaired) electrons. The Kier molecular flexibility index (Phi) is 6.55. The minimum absolute atomic E-state index is 0.0828. The Labute approximate surface area is 122 Å². The van der Waals surface area contributed by atoms with Crippen molar-refractivity contribution in [2.24, 2.45) is 0 Å². The molecule has 114 valence electrons. The van der Waals surface area contributed by atoms with Crippen molar-refractivity contribution in [1.82, 2.24) is 15.3 Å². The number of rotatable bonds is 8. The van der Waals surface area contributed by atoms with Gasteiger partial charge in [0.1, 0.15) is 11.6 Å². The molecule has 0 aliphatic heterocycles. The third-order valence-electron chi connectivity index (χ3n) is 3.09. The van der Waals surface area contributed by atoms with Gasteiger partial charge in [0.05, 0.1) is 0 Å². The molecule has 20 heavy (non-hydrogen) atoms. The lowest BCUT2D eigenvalue weighted by atomic mass is 10.0. The van der Waals surface area contributed by atoms with Crippen LogP contribution in [0.4, 0.5) is 0 Å². The molecule has 1 aromatic rings. The van der Waals surface area contributed by atoms with Crippen molar-refractivity contribution in [3.05, 3.63) is 22.8 Å². The zero-order chi connectivity index (χ0) is 15.2. The standard InChI is InChI=1S/C14H25N3O2S/c1-5-12-11(8-9-15-7-3)13(6-2)17-14(16-12)10-20(4,18)19/h15H,5-10H2,1-4H3. The van der Waals surface area contributed by atoms with Gasteiger partial charge in [-0.3, -0.25) is 0 Å². The molecule has 5 nitrogen and oxygen atoms in total. The van der Waals surface area contributed by atoms with Gasteiger partial charge in [-0.1, -0.05) is 20.8 Å². The molecule has 1 rings (SSSR count). The van der Waals surface area contributed by atoms with Crippen LogP contribution in [0.5, 0.6) is 0 Å². The number of hydrogen-bond acceptors (Lipinski definition) is 5. The van der Waals surface area contributed by atoms with Crippen LogP contribution in [-0.4, -0.2) is 37.7 Å². The van der Waals surface area contributed by atoms with Crippen molar-refractivity contribution >= 4 is 9.84 Å². The lowest BCUT2D eigenvalue weighted by Gasteiger charge is -2.14. The van der Waals surface area contributed by atoms with Crippen LogP contribution in [-0.2, 0) is 34.9 Å². The average molecular weight is 299 g/mol. The first-order valence-electron chi connectivity index (χ1n) is 7.17. The maximum Gasteiger partial charge on any atom is 0.154 e. The third-order valence-corrected chi connectivity index (χ3v) is 3.87. The highest BCUT2D eigenvalue weighted by molar-refractivity contribution is 7.89. The van der Waals surface area contributed by atoms with Crippen molar-refractivity contribution < 1.29 is 8.42 Å². The summed E-state index contributed by atoms with van der Waals surface area (Å²) in [5.41, 5.74) is 3.13. The maximum atomic E-state index is 11.4. The van der Waals surface area contributed by atoms with Crippen molar-refractivity contribution in [2.45, 2.75) is 45.8 Å². The first kappa shape index (κ1) is 17.0. The van der Waals surface area contributed by atoms with Crippen LogP contribution in [0.1, 0.15) is 43.5 Å². The molecule has 0 amide bonds. The van der Waals surface area contributed by atoms with E-state index in [4.69, 9.17) is 0 Å². The van der Waals surface area contributed by atoms with Gasteiger partial charge in [-0.15, -0.1) is 0 Å². The van der Waals surface area contributed by atoms with Crippen molar-refractivity contribution in [3.8, 4) is 0 Å². The molecule has 0 aromatic carbocycles. The summed E-state index contributed by atoms with van der Waals surface area (Å²) in [6.07, 6.45) is 3.70. The second kappa shape index (κ2) is 7.69. The number of aryl methyl sites for hydroxylation is 2. The summed E-state index contributed by atoms with van der Waals surface area (Å²) in [6, 6.07) is 0. The van der Waals surface area contributed by atoms with E-state index in [1.54, 1.807) is 0 Å². The largest absolute Gasteiger partial charge is 0.317 e. The first-order valence-corrected chi connectivity index (χ1v) is 9.23. The molecule has 0 atom stereocenters. The van der Waals surface area contributed by atoms with E-state index >= 15 is 0 Å². The highest BCUT2D eigenvalue weighted by atomic mass is 32.2. The Hall–Kier alpha value is -1.01. The average Bonchev–Trinajstić information content (AvgIpc) is 2.37. The van der Waals surface area contributed by atoms with Crippen LogP contribution in [0.3, 0.4) is 0 Å². The van der Waals surface area contributed by atoms with E-state index in [-0.39, 0.29) is 5.75 Å². The van der Waals surface area contributed by atoms with E-state index < -0.39 is 9.84 Å². The molecule has 0 spiro atoms. The molecule has 0 aliphatic rings. The molecule has 0 aliphatic carbocycles. The summed E-state index contributed by atoms with van der Waals surface area (Å²) in [4.78, 5) is 8.89. The molecule has 1 aromatic heterocycles. The molecule has 6 heteroatoms. The highest BCUT2D eigenvalue weighted by Crippen LogP contribution is 2.15. The van der Waals surface area contributed by atoms with Gasteiger partial charge in [0.25, 0.3) is 0 Å². The number of sulfone groups is 1. The predicted octanol–water partition coefficient (Wildman–Crippen LogP) is 1.30. The van der Waals surface area contributed by atoms with Gasteiger partial charge in [-0.2, -0.15) is 0 Å². The van der Waals surface area contributed by atoms with E-state index in [1.165, 1.54) is 11.8 Å². The highest BCUT2D eigenvalue weighted by Gasteiger charge is 2.14. The Morgan fingerprint density at radius 1 is 1.05 bits per heavy atom. The molecule has 0 saturated carbocycles. The number of likely N-dealkylation sites (N-methyl/N-ethyl adjacent to an activating group) is 1. The van der Waals surface area contributed by atoms with Gasteiger partial charge < -0.3 is 5.32 Å². The second-order valence-corrected chi connectivity index (χ2v) is 7.03. The molecular weight excluding hydrogens is 274 g/mol. The van der Waals surface area contributed by atoms with Gasteiger partial charge >= 0.3 is 0 Å². The molecule has 1 N–H and O–H groups in total. The summed E-state index contributed by atoms with van der Waals surface area (Å²) in [6.45, 7) is 8.00. The summed E-state index contributed by atoms with van der Waals surface area (Å²) >= 11 is 0. The van der Waals surface area contributed by atoms with Gasteiger partial charge in [0, 0.05) is 17.6 Å². The Morgan fingerprint density at radius 3 is 2.00 bits per heavy atom. The van der Waals surface area contributed by atoms with Crippen molar-refractivity contribution in [3.63, 3.8) is 0 Å². The molecule has 0 unspecified atom stereocenters. The van der Waals surface area contributed by atoms with Crippen LogP contribution >= 0.6 is 0 Å². The van der Waals surface area contributed by atoms with E-state index in [2.05, 4.69) is 22.2 Å². The molecule has 0 saturated heterocycles. The maximum absolute atomic E-state index is 11.4. The lowest BCUT2D eigenvalue weighted by Crippen LogP contribution is -2.19.